The first-order valence-corrected chi connectivity index (χ1v) is 18.8. The van der Waals surface area contributed by atoms with E-state index >= 15 is 0 Å². The number of hydrogen-bond donors (Lipinski definition) is 2. The van der Waals surface area contributed by atoms with E-state index in [0.717, 1.165) is 5.70 Å². The lowest BCUT2D eigenvalue weighted by Gasteiger charge is -2.35. The van der Waals surface area contributed by atoms with Crippen LogP contribution in [0, 0.1) is 0 Å². The highest BCUT2D eigenvalue weighted by Gasteiger charge is 2.29. The summed E-state index contributed by atoms with van der Waals surface area (Å²) in [6, 6.07) is 72.4. The lowest BCUT2D eigenvalue weighted by Crippen LogP contribution is -2.40. The van der Waals surface area contributed by atoms with E-state index in [9.17, 15) is 0 Å². The fourth-order valence-corrected chi connectivity index (χ4v) is 8.48. The zero-order valence-electron chi connectivity index (χ0n) is 29.8. The molecular weight excluding hydrogens is 653 g/mol. The van der Waals surface area contributed by atoms with Gasteiger partial charge in [0.2, 0.25) is 0 Å². The minimum atomic E-state index is -0.201. The minimum Gasteiger partial charge on any atom is -0.366 e. The van der Waals surface area contributed by atoms with E-state index in [1.807, 2.05) is 0 Å². The van der Waals surface area contributed by atoms with E-state index in [1.165, 1.54) is 82.4 Å². The van der Waals surface area contributed by atoms with E-state index in [2.05, 4.69) is 217 Å². The molecule has 0 bridgehead atoms. The van der Waals surface area contributed by atoms with Crippen LogP contribution >= 0.6 is 0 Å². The van der Waals surface area contributed by atoms with Gasteiger partial charge in [-0.3, -0.25) is 5.32 Å². The lowest BCUT2D eigenvalue weighted by atomic mass is 9.86. The molecule has 2 N–H and O–H groups in total. The Labute approximate surface area is 316 Å². The van der Waals surface area contributed by atoms with Crippen LogP contribution in [0.15, 0.2) is 206 Å². The third-order valence-electron chi connectivity index (χ3n) is 11.0. The Morgan fingerprint density at radius 3 is 1.67 bits per heavy atom. The van der Waals surface area contributed by atoms with Crippen LogP contribution in [0.25, 0.3) is 71.4 Å². The van der Waals surface area contributed by atoms with Gasteiger partial charge in [-0.05, 0) is 89.0 Å². The largest absolute Gasteiger partial charge is 0.366 e. The van der Waals surface area contributed by atoms with Gasteiger partial charge >= 0.3 is 0 Å². The van der Waals surface area contributed by atoms with E-state index in [4.69, 9.17) is 0 Å². The quantitative estimate of drug-likeness (QED) is 0.134. The van der Waals surface area contributed by atoms with Crippen molar-refractivity contribution in [3.63, 3.8) is 0 Å². The Morgan fingerprint density at radius 2 is 0.907 bits per heavy atom. The molecule has 2 nitrogen and oxygen atoms in total. The first kappa shape index (κ1) is 32.0. The van der Waals surface area contributed by atoms with Crippen LogP contribution in [0.1, 0.15) is 28.9 Å². The predicted octanol–water partition coefficient (Wildman–Crippen LogP) is 13.1. The Morgan fingerprint density at radius 1 is 0.352 bits per heavy atom. The maximum absolute atomic E-state index is 4.10. The summed E-state index contributed by atoms with van der Waals surface area (Å²) < 4.78 is 0. The standard InChI is InChI=1S/C52H38N2/c1-3-17-35(18-4-1)39-23-11-13-27-43(39)49-34-50(44-28-14-12-24-40(44)36-19-5-2-6-20-36)54-52(53-49)47-30-16-15-29-45(47)51-42-26-10-8-22-38(42)33-48-41-25-9-7-21-37(41)31-32-46(48)51/h1-34,49,52-54H. The molecule has 9 aromatic rings. The van der Waals surface area contributed by atoms with Crippen LogP contribution in [0.2, 0.25) is 0 Å². The van der Waals surface area contributed by atoms with Crippen LogP contribution in [0.5, 0.6) is 0 Å². The molecule has 0 aliphatic carbocycles. The van der Waals surface area contributed by atoms with Crippen molar-refractivity contribution in [1.82, 2.24) is 10.6 Å². The van der Waals surface area contributed by atoms with Gasteiger partial charge in [-0.2, -0.15) is 0 Å². The average molecular weight is 691 g/mol. The van der Waals surface area contributed by atoms with Crippen molar-refractivity contribution in [2.24, 2.45) is 0 Å². The first-order valence-electron chi connectivity index (χ1n) is 18.8. The molecule has 54 heavy (non-hydrogen) atoms. The molecule has 1 heterocycles. The van der Waals surface area contributed by atoms with Gasteiger partial charge in [0.25, 0.3) is 0 Å². The predicted molar refractivity (Wildman–Crippen MR) is 228 cm³/mol. The molecule has 1 aliphatic rings. The number of rotatable bonds is 6. The van der Waals surface area contributed by atoms with Crippen molar-refractivity contribution >= 4 is 38.0 Å². The Balaban J connectivity index is 1.19. The second-order valence-electron chi connectivity index (χ2n) is 14.1. The van der Waals surface area contributed by atoms with Crippen LogP contribution in [-0.4, -0.2) is 0 Å². The van der Waals surface area contributed by atoms with E-state index in [-0.39, 0.29) is 12.2 Å². The fourth-order valence-electron chi connectivity index (χ4n) is 8.48. The van der Waals surface area contributed by atoms with Gasteiger partial charge in [-0.1, -0.05) is 194 Å². The molecule has 2 unspecified atom stereocenters. The normalized spacial score (nSPS) is 15.6. The SMILES string of the molecule is C1=C(c2ccccc2-c2ccccc2)NC(c2ccccc2-c2c3ccccc3cc3c2ccc2ccccc23)NC1c1ccccc1-c1ccccc1. The average Bonchev–Trinajstić information content (AvgIpc) is 3.26. The first-order chi connectivity index (χ1) is 26.8. The highest BCUT2D eigenvalue weighted by molar-refractivity contribution is 6.20. The summed E-state index contributed by atoms with van der Waals surface area (Å²) in [4.78, 5) is 0. The number of nitrogens with one attached hydrogen (secondary N) is 2. The molecule has 2 heteroatoms. The molecule has 0 amide bonds. The maximum atomic E-state index is 4.10. The molecule has 0 aromatic heterocycles. The van der Waals surface area contributed by atoms with E-state index in [1.54, 1.807) is 0 Å². The maximum Gasteiger partial charge on any atom is 0.105 e. The highest BCUT2D eigenvalue weighted by atomic mass is 15.2. The molecule has 0 saturated heterocycles. The Hall–Kier alpha value is -6.74. The van der Waals surface area contributed by atoms with Crippen molar-refractivity contribution in [3.05, 3.63) is 223 Å². The Kier molecular flexibility index (Phi) is 8.09. The molecule has 0 radical (unpaired) electrons. The summed E-state index contributed by atoms with van der Waals surface area (Å²) in [7, 11) is 0. The number of hydrogen-bond acceptors (Lipinski definition) is 2. The summed E-state index contributed by atoms with van der Waals surface area (Å²) in [5, 5.41) is 15.7. The van der Waals surface area contributed by atoms with Crippen molar-refractivity contribution in [3.8, 4) is 33.4 Å². The molecule has 10 rings (SSSR count). The van der Waals surface area contributed by atoms with Crippen LogP contribution in [0.3, 0.4) is 0 Å². The van der Waals surface area contributed by atoms with Crippen LogP contribution in [0.4, 0.5) is 0 Å². The zero-order valence-corrected chi connectivity index (χ0v) is 29.8. The summed E-state index contributed by atoms with van der Waals surface area (Å²) in [6.45, 7) is 0. The summed E-state index contributed by atoms with van der Waals surface area (Å²) in [5.74, 6) is 0. The van der Waals surface area contributed by atoms with Gasteiger partial charge in [-0.15, -0.1) is 0 Å². The van der Waals surface area contributed by atoms with Crippen molar-refractivity contribution in [2.45, 2.75) is 12.2 Å². The smallest absolute Gasteiger partial charge is 0.105 e. The molecular formula is C52H38N2. The third-order valence-corrected chi connectivity index (χ3v) is 11.0. The molecule has 1 aliphatic heterocycles. The van der Waals surface area contributed by atoms with Crippen LogP contribution in [-0.2, 0) is 0 Å². The molecule has 0 spiro atoms. The highest BCUT2D eigenvalue weighted by Crippen LogP contribution is 2.44. The minimum absolute atomic E-state index is 0.0762. The summed E-state index contributed by atoms with van der Waals surface area (Å²) >= 11 is 0. The zero-order chi connectivity index (χ0) is 35.8. The van der Waals surface area contributed by atoms with Gasteiger partial charge in [0.1, 0.15) is 6.17 Å². The van der Waals surface area contributed by atoms with Crippen molar-refractivity contribution < 1.29 is 0 Å². The van der Waals surface area contributed by atoms with Crippen LogP contribution < -0.4 is 10.6 Å². The van der Waals surface area contributed by atoms with Gasteiger partial charge in [0.15, 0.2) is 0 Å². The number of benzene rings is 9. The summed E-state index contributed by atoms with van der Waals surface area (Å²) in [6.07, 6.45) is 2.18. The number of fused-ring (bicyclic) bond motifs is 4. The molecule has 2 atom stereocenters. The Bertz CT molecular complexity index is 2840. The van der Waals surface area contributed by atoms with E-state index in [0.29, 0.717) is 0 Å². The molecule has 9 aromatic carbocycles. The van der Waals surface area contributed by atoms with Gasteiger partial charge in [0, 0.05) is 11.3 Å². The molecule has 256 valence electrons. The summed E-state index contributed by atoms with van der Waals surface area (Å²) in [5.41, 5.74) is 12.0. The third kappa shape index (κ3) is 5.65. The van der Waals surface area contributed by atoms with Gasteiger partial charge in [0.05, 0.1) is 6.04 Å². The van der Waals surface area contributed by atoms with E-state index < -0.39 is 0 Å². The lowest BCUT2D eigenvalue weighted by molar-refractivity contribution is 0.444. The fraction of sp³-hybridized carbons (Fsp3) is 0.0385. The second-order valence-corrected chi connectivity index (χ2v) is 14.1. The van der Waals surface area contributed by atoms with Crippen molar-refractivity contribution in [2.75, 3.05) is 0 Å². The monoisotopic (exact) mass is 690 g/mol. The van der Waals surface area contributed by atoms with Gasteiger partial charge < -0.3 is 5.32 Å². The topological polar surface area (TPSA) is 24.1 Å². The molecule has 0 saturated carbocycles. The van der Waals surface area contributed by atoms with Gasteiger partial charge in [-0.25, -0.2) is 0 Å². The second kappa shape index (κ2) is 13.7. The van der Waals surface area contributed by atoms with Crippen molar-refractivity contribution in [1.29, 1.82) is 0 Å². The molecule has 0 fully saturated rings.